The fourth-order valence-electron chi connectivity index (χ4n) is 0.352. The third kappa shape index (κ3) is 3.79. The van der Waals surface area contributed by atoms with Crippen molar-refractivity contribution >= 4 is 26.8 Å². The zero-order valence-electron chi connectivity index (χ0n) is 6.07. The average molecular weight is 159 g/mol. The van der Waals surface area contributed by atoms with Gasteiger partial charge < -0.3 is 4.65 Å². The summed E-state index contributed by atoms with van der Waals surface area (Å²) in [5.74, 6) is -0.483. The maximum atomic E-state index is 10.5. The largest absolute Gasteiger partial charge is 0.542 e. The van der Waals surface area contributed by atoms with Gasteiger partial charge >= 0.3 is 14.0 Å². The van der Waals surface area contributed by atoms with Crippen molar-refractivity contribution in [1.82, 2.24) is 4.31 Å². The summed E-state index contributed by atoms with van der Waals surface area (Å²) < 4.78 is 5.48. The van der Waals surface area contributed by atoms with E-state index < -0.39 is 5.97 Å². The SMILES string of the molecule is [B]OC(=O)CN(S)C(C)C. The molecule has 0 N–H and O–H groups in total. The van der Waals surface area contributed by atoms with Crippen molar-refractivity contribution in [3.8, 4) is 0 Å². The maximum Gasteiger partial charge on any atom is 0.378 e. The van der Waals surface area contributed by atoms with Crippen LogP contribution in [0, 0.1) is 0 Å². The third-order valence-electron chi connectivity index (χ3n) is 1.02. The van der Waals surface area contributed by atoms with Gasteiger partial charge in [0, 0.05) is 6.04 Å². The van der Waals surface area contributed by atoms with Gasteiger partial charge in [-0.1, -0.05) is 12.8 Å². The van der Waals surface area contributed by atoms with Gasteiger partial charge in [-0.15, -0.1) is 0 Å². The Labute approximate surface area is 67.7 Å². The molecule has 5 heteroatoms. The molecule has 3 nitrogen and oxygen atoms in total. The van der Waals surface area contributed by atoms with Crippen molar-refractivity contribution in [1.29, 1.82) is 0 Å². The Morgan fingerprint density at radius 2 is 2.30 bits per heavy atom. The van der Waals surface area contributed by atoms with Gasteiger partial charge in [0.25, 0.3) is 0 Å². The Balaban J connectivity index is 3.57. The smallest absolute Gasteiger partial charge is 0.378 e. The highest BCUT2D eigenvalue weighted by atomic mass is 32.1. The monoisotopic (exact) mass is 159 g/mol. The molecule has 0 heterocycles. The summed E-state index contributed by atoms with van der Waals surface area (Å²) in [6.07, 6.45) is 0. The molecule has 10 heavy (non-hydrogen) atoms. The first-order chi connectivity index (χ1) is 4.57. The summed E-state index contributed by atoms with van der Waals surface area (Å²) >= 11 is 4.00. The lowest BCUT2D eigenvalue weighted by Crippen LogP contribution is -2.28. The molecule has 0 unspecified atom stereocenters. The summed E-state index contributed by atoms with van der Waals surface area (Å²) in [7, 11) is 4.61. The van der Waals surface area contributed by atoms with Crippen LogP contribution < -0.4 is 0 Å². The minimum absolute atomic E-state index is 0.108. The third-order valence-corrected chi connectivity index (χ3v) is 1.62. The van der Waals surface area contributed by atoms with E-state index in [1.54, 1.807) is 0 Å². The Bertz CT molecular complexity index is 120. The Kier molecular flexibility index (Phi) is 4.56. The van der Waals surface area contributed by atoms with Crippen LogP contribution in [0.5, 0.6) is 0 Å². The van der Waals surface area contributed by atoms with E-state index in [1.165, 1.54) is 4.31 Å². The van der Waals surface area contributed by atoms with E-state index in [0.717, 1.165) is 0 Å². The summed E-state index contributed by atoms with van der Waals surface area (Å²) in [5, 5.41) is 0. The van der Waals surface area contributed by atoms with Crippen molar-refractivity contribution in [3.05, 3.63) is 0 Å². The van der Waals surface area contributed by atoms with Gasteiger partial charge in [0.2, 0.25) is 0 Å². The van der Waals surface area contributed by atoms with E-state index in [9.17, 15) is 4.79 Å². The van der Waals surface area contributed by atoms with Crippen molar-refractivity contribution in [2.24, 2.45) is 0 Å². The first kappa shape index (κ1) is 9.84. The molecule has 0 fully saturated rings. The van der Waals surface area contributed by atoms with Crippen LogP contribution in [0.15, 0.2) is 0 Å². The van der Waals surface area contributed by atoms with Crippen molar-refractivity contribution < 1.29 is 9.45 Å². The number of thiol groups is 1. The lowest BCUT2D eigenvalue weighted by atomic mass is 10.4. The molecule has 0 rings (SSSR count). The van der Waals surface area contributed by atoms with Crippen molar-refractivity contribution in [3.63, 3.8) is 0 Å². The van der Waals surface area contributed by atoms with Crippen LogP contribution in [0.3, 0.4) is 0 Å². The van der Waals surface area contributed by atoms with Gasteiger partial charge in [-0.05, 0) is 13.8 Å². The first-order valence-corrected chi connectivity index (χ1v) is 3.33. The van der Waals surface area contributed by atoms with Crippen LogP contribution in [0.2, 0.25) is 0 Å². The molecule has 0 aliphatic heterocycles. The molecule has 0 bridgehead atoms. The maximum absolute atomic E-state index is 10.5. The highest BCUT2D eigenvalue weighted by molar-refractivity contribution is 7.77. The lowest BCUT2D eigenvalue weighted by molar-refractivity contribution is -0.134. The second-order valence-corrected chi connectivity index (χ2v) is 2.69. The Morgan fingerprint density at radius 3 is 2.60 bits per heavy atom. The number of rotatable bonds is 3. The molecule has 0 aromatic heterocycles. The van der Waals surface area contributed by atoms with Gasteiger partial charge in [-0.25, -0.2) is 4.31 Å². The predicted molar refractivity (Wildman–Crippen MR) is 42.7 cm³/mol. The molecule has 56 valence electrons. The van der Waals surface area contributed by atoms with E-state index in [1.807, 2.05) is 13.8 Å². The minimum atomic E-state index is -0.483. The molecule has 2 radical (unpaired) electrons. The highest BCUT2D eigenvalue weighted by Crippen LogP contribution is 2.00. The average Bonchev–Trinajstić information content (AvgIpc) is 1.87. The number of hydrogen-bond acceptors (Lipinski definition) is 4. The van der Waals surface area contributed by atoms with E-state index in [0.29, 0.717) is 0 Å². The fourth-order valence-corrected chi connectivity index (χ4v) is 0.468. The summed E-state index contributed by atoms with van der Waals surface area (Å²) in [6, 6.07) is 0.197. The Morgan fingerprint density at radius 1 is 1.80 bits per heavy atom. The van der Waals surface area contributed by atoms with Crippen LogP contribution in [0.1, 0.15) is 13.8 Å². The van der Waals surface area contributed by atoms with Gasteiger partial charge in [-0.3, -0.25) is 4.79 Å². The van der Waals surface area contributed by atoms with E-state index in [4.69, 9.17) is 0 Å². The highest BCUT2D eigenvalue weighted by Gasteiger charge is 2.08. The van der Waals surface area contributed by atoms with Gasteiger partial charge in [-0.2, -0.15) is 0 Å². The normalized spacial score (nSPS) is 10.5. The molecule has 0 aliphatic rings. The molecule has 0 atom stereocenters. The number of carbonyl (C=O) groups excluding carboxylic acids is 1. The molecule has 0 saturated carbocycles. The van der Waals surface area contributed by atoms with Crippen molar-refractivity contribution in [2.75, 3.05) is 6.54 Å². The minimum Gasteiger partial charge on any atom is -0.542 e. The van der Waals surface area contributed by atoms with Crippen LogP contribution in [-0.2, 0) is 9.45 Å². The fraction of sp³-hybridized carbons (Fsp3) is 0.800. The van der Waals surface area contributed by atoms with Crippen LogP contribution in [0.4, 0.5) is 0 Å². The standard InChI is InChI=1S/C5H10BNO2S/c1-4(2)7(10)3-5(8)9-6/h4,10H,3H2,1-2H3. The molecule has 0 amide bonds. The molecule has 0 aromatic carbocycles. The van der Waals surface area contributed by atoms with Crippen LogP contribution in [0.25, 0.3) is 0 Å². The molecule has 0 aliphatic carbocycles. The molecular weight excluding hydrogens is 149 g/mol. The van der Waals surface area contributed by atoms with Gasteiger partial charge in [0.15, 0.2) is 0 Å². The zero-order chi connectivity index (χ0) is 8.15. The van der Waals surface area contributed by atoms with E-state index in [2.05, 4.69) is 25.5 Å². The number of hydrogen-bond donors (Lipinski definition) is 1. The second kappa shape index (κ2) is 4.63. The quantitative estimate of drug-likeness (QED) is 0.470. The topological polar surface area (TPSA) is 29.5 Å². The number of nitrogens with zero attached hydrogens (tertiary/aromatic N) is 1. The second-order valence-electron chi connectivity index (χ2n) is 2.18. The number of carbonyl (C=O) groups is 1. The van der Waals surface area contributed by atoms with E-state index in [-0.39, 0.29) is 12.6 Å². The zero-order valence-corrected chi connectivity index (χ0v) is 6.97. The summed E-state index contributed by atoms with van der Waals surface area (Å²) in [5.41, 5.74) is 0. The van der Waals surface area contributed by atoms with Gasteiger partial charge in [0.1, 0.15) is 6.54 Å². The molecule has 0 aromatic rings. The first-order valence-electron chi connectivity index (χ1n) is 2.93. The molecule has 0 saturated heterocycles. The lowest BCUT2D eigenvalue weighted by Gasteiger charge is -2.17. The summed E-state index contributed by atoms with van der Waals surface area (Å²) in [6.45, 7) is 3.94. The van der Waals surface area contributed by atoms with Crippen LogP contribution in [-0.4, -0.2) is 30.9 Å². The molecular formula is C5H10BNO2S. The molecule has 0 spiro atoms. The predicted octanol–water partition coefficient (Wildman–Crippen LogP) is 0.168. The van der Waals surface area contributed by atoms with Crippen molar-refractivity contribution in [2.45, 2.75) is 19.9 Å². The summed E-state index contributed by atoms with van der Waals surface area (Å²) in [4.78, 5) is 10.5. The Hall–Kier alpha value is -0.155. The van der Waals surface area contributed by atoms with Gasteiger partial charge in [0.05, 0.1) is 0 Å². The van der Waals surface area contributed by atoms with E-state index >= 15 is 0 Å². The van der Waals surface area contributed by atoms with Crippen LogP contribution >= 0.6 is 12.8 Å².